The van der Waals surface area contributed by atoms with E-state index in [-0.39, 0.29) is 5.91 Å². The van der Waals surface area contributed by atoms with Gasteiger partial charge >= 0.3 is 0 Å². The molecule has 0 unspecified atom stereocenters. The Hall–Kier alpha value is -2.00. The zero-order chi connectivity index (χ0) is 17.8. The Morgan fingerprint density at radius 1 is 1.20 bits per heavy atom. The quantitative estimate of drug-likeness (QED) is 0.683. The molecule has 3 rings (SSSR count). The Kier molecular flexibility index (Phi) is 5.64. The fourth-order valence-electron chi connectivity index (χ4n) is 2.73. The standard InChI is InChI=1S/C21H24ClNO2/c1-15(2)14-25-20-8-3-5-16(11-20)13-23(19-9-10-19)21(24)17-6-4-7-18(22)12-17/h3-8,11-12,15,19H,9-10,13-14H2,1-2H3. The van der Waals surface area contributed by atoms with Crippen LogP contribution in [0.3, 0.4) is 0 Å². The van der Waals surface area contributed by atoms with Gasteiger partial charge in [-0.2, -0.15) is 0 Å². The normalized spacial score (nSPS) is 13.8. The zero-order valence-electron chi connectivity index (χ0n) is 14.7. The highest BCUT2D eigenvalue weighted by Crippen LogP contribution is 2.30. The van der Waals surface area contributed by atoms with Gasteiger partial charge in [0.05, 0.1) is 6.61 Å². The summed E-state index contributed by atoms with van der Waals surface area (Å²) < 4.78 is 5.81. The van der Waals surface area contributed by atoms with Crippen LogP contribution in [-0.2, 0) is 6.54 Å². The van der Waals surface area contributed by atoms with Crippen LogP contribution in [-0.4, -0.2) is 23.5 Å². The van der Waals surface area contributed by atoms with Gasteiger partial charge < -0.3 is 9.64 Å². The lowest BCUT2D eigenvalue weighted by atomic mass is 10.1. The molecule has 0 atom stereocenters. The van der Waals surface area contributed by atoms with Gasteiger partial charge in [-0.15, -0.1) is 0 Å². The van der Waals surface area contributed by atoms with Gasteiger partial charge in [-0.3, -0.25) is 4.79 Å². The number of hydrogen-bond donors (Lipinski definition) is 0. The summed E-state index contributed by atoms with van der Waals surface area (Å²) in [6, 6.07) is 15.5. The van der Waals surface area contributed by atoms with Crippen LogP contribution in [0.4, 0.5) is 0 Å². The van der Waals surface area contributed by atoms with Crippen molar-refractivity contribution in [1.82, 2.24) is 4.90 Å². The molecule has 0 saturated heterocycles. The lowest BCUT2D eigenvalue weighted by Gasteiger charge is -2.23. The van der Waals surface area contributed by atoms with Crippen LogP contribution in [0.5, 0.6) is 5.75 Å². The maximum absolute atomic E-state index is 12.9. The smallest absolute Gasteiger partial charge is 0.254 e. The van der Waals surface area contributed by atoms with Crippen LogP contribution < -0.4 is 4.74 Å². The van der Waals surface area contributed by atoms with Crippen LogP contribution in [0, 0.1) is 5.92 Å². The first-order valence-corrected chi connectivity index (χ1v) is 9.19. The summed E-state index contributed by atoms with van der Waals surface area (Å²) in [6.45, 7) is 5.54. The first-order chi connectivity index (χ1) is 12.0. The average molecular weight is 358 g/mol. The van der Waals surface area contributed by atoms with Crippen molar-refractivity contribution in [3.05, 3.63) is 64.7 Å². The number of carbonyl (C=O) groups is 1. The maximum atomic E-state index is 12.9. The lowest BCUT2D eigenvalue weighted by molar-refractivity contribution is 0.0729. The average Bonchev–Trinajstić information content (AvgIpc) is 3.42. The first kappa shape index (κ1) is 17.8. The third kappa shape index (κ3) is 4.99. The summed E-state index contributed by atoms with van der Waals surface area (Å²) in [5.74, 6) is 1.38. The molecule has 0 spiro atoms. The molecule has 1 aliphatic rings. The largest absolute Gasteiger partial charge is 0.493 e. The van der Waals surface area contributed by atoms with E-state index in [2.05, 4.69) is 13.8 Å². The zero-order valence-corrected chi connectivity index (χ0v) is 15.5. The molecule has 0 radical (unpaired) electrons. The summed E-state index contributed by atoms with van der Waals surface area (Å²) in [5.41, 5.74) is 1.73. The highest BCUT2D eigenvalue weighted by atomic mass is 35.5. The molecule has 0 bridgehead atoms. The molecule has 1 saturated carbocycles. The minimum absolute atomic E-state index is 0.0403. The molecule has 2 aromatic rings. The molecule has 132 valence electrons. The van der Waals surface area contributed by atoms with Gasteiger partial charge in [0.2, 0.25) is 0 Å². The van der Waals surface area contributed by atoms with E-state index in [1.165, 1.54) is 0 Å². The van der Waals surface area contributed by atoms with Gasteiger partial charge in [-0.1, -0.05) is 43.6 Å². The number of ether oxygens (including phenoxy) is 1. The van der Waals surface area contributed by atoms with Crippen molar-refractivity contribution in [2.75, 3.05) is 6.61 Å². The van der Waals surface area contributed by atoms with Gasteiger partial charge in [0.25, 0.3) is 5.91 Å². The SMILES string of the molecule is CC(C)COc1cccc(CN(C(=O)c2cccc(Cl)c2)C2CC2)c1. The molecule has 1 fully saturated rings. The number of carbonyl (C=O) groups excluding carboxylic acids is 1. The minimum Gasteiger partial charge on any atom is -0.493 e. The van der Waals surface area contributed by atoms with Crippen molar-refractivity contribution < 1.29 is 9.53 Å². The number of rotatable bonds is 7. The van der Waals surface area contributed by atoms with Gasteiger partial charge in [-0.05, 0) is 54.7 Å². The third-order valence-corrected chi connectivity index (χ3v) is 4.39. The molecule has 0 N–H and O–H groups in total. The fraction of sp³-hybridized carbons (Fsp3) is 0.381. The van der Waals surface area contributed by atoms with Gasteiger partial charge in [-0.25, -0.2) is 0 Å². The predicted octanol–water partition coefficient (Wildman–Crippen LogP) is 5.18. The van der Waals surface area contributed by atoms with Crippen LogP contribution in [0.2, 0.25) is 5.02 Å². The van der Waals surface area contributed by atoms with Crippen molar-refractivity contribution in [1.29, 1.82) is 0 Å². The third-order valence-electron chi connectivity index (χ3n) is 4.15. The monoisotopic (exact) mass is 357 g/mol. The molecule has 1 aliphatic carbocycles. The van der Waals surface area contributed by atoms with E-state index in [0.717, 1.165) is 24.2 Å². The first-order valence-electron chi connectivity index (χ1n) is 8.81. The summed E-state index contributed by atoms with van der Waals surface area (Å²) in [4.78, 5) is 14.9. The second-order valence-corrected chi connectivity index (χ2v) is 7.46. The molecule has 0 aliphatic heterocycles. The van der Waals surface area contributed by atoms with Crippen LogP contribution >= 0.6 is 11.6 Å². The molecule has 0 heterocycles. The van der Waals surface area contributed by atoms with Crippen LogP contribution in [0.1, 0.15) is 42.6 Å². The number of nitrogens with zero attached hydrogens (tertiary/aromatic N) is 1. The highest BCUT2D eigenvalue weighted by molar-refractivity contribution is 6.30. The van der Waals surface area contributed by atoms with Crippen molar-refractivity contribution >= 4 is 17.5 Å². The summed E-state index contributed by atoms with van der Waals surface area (Å²) in [5, 5.41) is 0.589. The van der Waals surface area contributed by atoms with E-state index < -0.39 is 0 Å². The van der Waals surface area contributed by atoms with Crippen molar-refractivity contribution in [2.45, 2.75) is 39.3 Å². The van der Waals surface area contributed by atoms with Crippen molar-refractivity contribution in [3.8, 4) is 5.75 Å². The van der Waals surface area contributed by atoms with Gasteiger partial charge in [0, 0.05) is 23.2 Å². The molecule has 4 heteroatoms. The Morgan fingerprint density at radius 2 is 1.96 bits per heavy atom. The Morgan fingerprint density at radius 3 is 2.64 bits per heavy atom. The topological polar surface area (TPSA) is 29.5 Å². The van der Waals surface area contributed by atoms with Gasteiger partial charge in [0.15, 0.2) is 0 Å². The Balaban J connectivity index is 1.74. The number of halogens is 1. The Labute approximate surface area is 154 Å². The molecule has 0 aromatic heterocycles. The van der Waals surface area contributed by atoms with Crippen molar-refractivity contribution in [2.24, 2.45) is 5.92 Å². The minimum atomic E-state index is 0.0403. The van der Waals surface area contributed by atoms with E-state index in [0.29, 0.717) is 35.7 Å². The second-order valence-electron chi connectivity index (χ2n) is 7.03. The summed E-state index contributed by atoms with van der Waals surface area (Å²) in [7, 11) is 0. The van der Waals surface area contributed by atoms with Crippen molar-refractivity contribution in [3.63, 3.8) is 0 Å². The number of benzene rings is 2. The van der Waals surface area contributed by atoms with Crippen LogP contribution in [0.25, 0.3) is 0 Å². The molecule has 1 amide bonds. The summed E-state index contributed by atoms with van der Waals surface area (Å²) in [6.07, 6.45) is 2.13. The van der Waals surface area contributed by atoms with E-state index in [9.17, 15) is 4.79 Å². The van der Waals surface area contributed by atoms with E-state index in [4.69, 9.17) is 16.3 Å². The lowest BCUT2D eigenvalue weighted by Crippen LogP contribution is -2.32. The molecule has 25 heavy (non-hydrogen) atoms. The van der Waals surface area contributed by atoms with E-state index in [1.807, 2.05) is 41.3 Å². The molecule has 2 aromatic carbocycles. The number of amides is 1. The van der Waals surface area contributed by atoms with E-state index >= 15 is 0 Å². The fourth-order valence-corrected chi connectivity index (χ4v) is 2.92. The maximum Gasteiger partial charge on any atom is 0.254 e. The summed E-state index contributed by atoms with van der Waals surface area (Å²) >= 11 is 6.04. The molecular formula is C21H24ClNO2. The van der Waals surface area contributed by atoms with E-state index in [1.54, 1.807) is 12.1 Å². The Bertz CT molecular complexity index is 740. The van der Waals surface area contributed by atoms with Crippen LogP contribution in [0.15, 0.2) is 48.5 Å². The molecular weight excluding hydrogens is 334 g/mol. The van der Waals surface area contributed by atoms with Gasteiger partial charge in [0.1, 0.15) is 5.75 Å². The predicted molar refractivity (Wildman–Crippen MR) is 101 cm³/mol. The number of hydrogen-bond acceptors (Lipinski definition) is 2. The molecule has 3 nitrogen and oxygen atoms in total. The highest BCUT2D eigenvalue weighted by Gasteiger charge is 2.33. The second kappa shape index (κ2) is 7.92.